The highest BCUT2D eigenvalue weighted by Gasteiger charge is 2.21. The first-order valence-electron chi connectivity index (χ1n) is 4.86. The molecule has 1 aromatic rings. The van der Waals surface area contributed by atoms with Gasteiger partial charge in [0.2, 0.25) is 0 Å². The first kappa shape index (κ1) is 9.44. The SMILES string of the molecule is [B]c1ccc(OCC2CC2)cc1OC. The molecule has 0 saturated heterocycles. The zero-order valence-electron chi connectivity index (χ0n) is 8.32. The molecule has 1 aromatic carbocycles. The van der Waals surface area contributed by atoms with E-state index in [2.05, 4.69) is 0 Å². The first-order chi connectivity index (χ1) is 6.79. The summed E-state index contributed by atoms with van der Waals surface area (Å²) in [5.74, 6) is 2.28. The van der Waals surface area contributed by atoms with Gasteiger partial charge in [0.1, 0.15) is 19.3 Å². The van der Waals surface area contributed by atoms with Crippen molar-refractivity contribution >= 4 is 13.3 Å². The normalized spacial score (nSPS) is 15.2. The number of methoxy groups -OCH3 is 1. The first-order valence-corrected chi connectivity index (χ1v) is 4.86. The van der Waals surface area contributed by atoms with Gasteiger partial charge >= 0.3 is 0 Å². The minimum Gasteiger partial charge on any atom is -0.497 e. The third kappa shape index (κ3) is 2.22. The van der Waals surface area contributed by atoms with E-state index in [4.69, 9.17) is 17.3 Å². The number of ether oxygens (including phenoxy) is 2. The second-order valence-corrected chi connectivity index (χ2v) is 3.66. The molecular weight excluding hydrogens is 175 g/mol. The smallest absolute Gasteiger partial charge is 0.122 e. The summed E-state index contributed by atoms with van der Waals surface area (Å²) in [6.07, 6.45) is 2.60. The highest BCUT2D eigenvalue weighted by atomic mass is 16.5. The molecule has 2 radical (unpaired) electrons. The standard InChI is InChI=1S/C11H13BO2/c1-13-11-6-9(4-5-10(11)12)14-7-8-2-3-8/h4-6,8H,2-3,7H2,1H3. The average Bonchev–Trinajstić information content (AvgIpc) is 3.00. The Labute approximate surface area is 85.6 Å². The van der Waals surface area contributed by atoms with Gasteiger partial charge in [0.25, 0.3) is 0 Å². The van der Waals surface area contributed by atoms with Crippen molar-refractivity contribution < 1.29 is 9.47 Å². The van der Waals surface area contributed by atoms with Crippen molar-refractivity contribution in [3.8, 4) is 11.5 Å². The van der Waals surface area contributed by atoms with E-state index in [0.717, 1.165) is 18.3 Å². The van der Waals surface area contributed by atoms with Crippen LogP contribution in [-0.2, 0) is 0 Å². The molecule has 1 saturated carbocycles. The van der Waals surface area contributed by atoms with E-state index >= 15 is 0 Å². The van der Waals surface area contributed by atoms with Crippen LogP contribution in [0.2, 0.25) is 0 Å². The zero-order valence-corrected chi connectivity index (χ0v) is 8.32. The molecule has 0 N–H and O–H groups in total. The Hall–Kier alpha value is -1.12. The second-order valence-electron chi connectivity index (χ2n) is 3.66. The topological polar surface area (TPSA) is 18.5 Å². The Balaban J connectivity index is 2.01. The summed E-state index contributed by atoms with van der Waals surface area (Å²) in [6, 6.07) is 5.51. The Morgan fingerprint density at radius 2 is 2.21 bits per heavy atom. The maximum absolute atomic E-state index is 5.69. The molecule has 2 nitrogen and oxygen atoms in total. The number of rotatable bonds is 4. The van der Waals surface area contributed by atoms with Gasteiger partial charge in [-0.3, -0.25) is 0 Å². The molecule has 0 aliphatic heterocycles. The molecule has 0 amide bonds. The van der Waals surface area contributed by atoms with E-state index < -0.39 is 0 Å². The van der Waals surface area contributed by atoms with Crippen LogP contribution >= 0.6 is 0 Å². The van der Waals surface area contributed by atoms with Crippen LogP contribution in [-0.4, -0.2) is 21.6 Å². The van der Waals surface area contributed by atoms with E-state index in [0.29, 0.717) is 11.2 Å². The van der Waals surface area contributed by atoms with Gasteiger partial charge in [-0.1, -0.05) is 11.5 Å². The molecule has 1 aliphatic carbocycles. The molecular formula is C11H13BO2. The number of benzene rings is 1. The molecule has 0 spiro atoms. The van der Waals surface area contributed by atoms with Crippen molar-refractivity contribution in [1.29, 1.82) is 0 Å². The van der Waals surface area contributed by atoms with Crippen LogP contribution in [0.5, 0.6) is 11.5 Å². The van der Waals surface area contributed by atoms with Crippen LogP contribution in [0, 0.1) is 5.92 Å². The Kier molecular flexibility index (Phi) is 2.66. The lowest BCUT2D eigenvalue weighted by molar-refractivity contribution is 0.298. The molecule has 0 heterocycles. The maximum atomic E-state index is 5.69. The third-order valence-corrected chi connectivity index (χ3v) is 2.39. The summed E-state index contributed by atoms with van der Waals surface area (Å²) in [5, 5.41) is 0. The van der Waals surface area contributed by atoms with Gasteiger partial charge in [0.15, 0.2) is 0 Å². The molecule has 2 rings (SSSR count). The van der Waals surface area contributed by atoms with Gasteiger partial charge in [-0.05, 0) is 24.8 Å². The van der Waals surface area contributed by atoms with Crippen molar-refractivity contribution in [2.24, 2.45) is 5.92 Å². The summed E-state index contributed by atoms with van der Waals surface area (Å²) in [5.41, 5.74) is 0.645. The van der Waals surface area contributed by atoms with Gasteiger partial charge in [-0.2, -0.15) is 0 Å². The van der Waals surface area contributed by atoms with Gasteiger partial charge in [-0.15, -0.1) is 0 Å². The molecule has 72 valence electrons. The largest absolute Gasteiger partial charge is 0.497 e. The monoisotopic (exact) mass is 188 g/mol. The van der Waals surface area contributed by atoms with E-state index in [1.165, 1.54) is 12.8 Å². The van der Waals surface area contributed by atoms with Crippen molar-refractivity contribution in [2.45, 2.75) is 12.8 Å². The average molecular weight is 188 g/mol. The van der Waals surface area contributed by atoms with E-state index in [1.807, 2.05) is 12.1 Å². The summed E-state index contributed by atoms with van der Waals surface area (Å²) < 4.78 is 10.7. The minimum absolute atomic E-state index is 0.645. The molecule has 14 heavy (non-hydrogen) atoms. The maximum Gasteiger partial charge on any atom is 0.122 e. The van der Waals surface area contributed by atoms with Crippen LogP contribution in [0.4, 0.5) is 0 Å². The van der Waals surface area contributed by atoms with Crippen LogP contribution < -0.4 is 14.9 Å². The minimum atomic E-state index is 0.645. The van der Waals surface area contributed by atoms with E-state index in [9.17, 15) is 0 Å². The molecule has 1 fully saturated rings. The second kappa shape index (κ2) is 3.95. The third-order valence-electron chi connectivity index (χ3n) is 2.39. The molecule has 3 heteroatoms. The Bertz CT molecular complexity index is 321. The summed E-state index contributed by atoms with van der Waals surface area (Å²) in [4.78, 5) is 0. The van der Waals surface area contributed by atoms with Crippen molar-refractivity contribution in [3.05, 3.63) is 18.2 Å². The Morgan fingerprint density at radius 3 is 2.86 bits per heavy atom. The fourth-order valence-electron chi connectivity index (χ4n) is 1.28. The van der Waals surface area contributed by atoms with Gasteiger partial charge in [-0.25, -0.2) is 0 Å². The van der Waals surface area contributed by atoms with Crippen LogP contribution in [0.15, 0.2) is 18.2 Å². The highest BCUT2D eigenvalue weighted by Crippen LogP contribution is 2.29. The highest BCUT2D eigenvalue weighted by molar-refractivity contribution is 6.34. The lowest BCUT2D eigenvalue weighted by Gasteiger charge is -2.09. The van der Waals surface area contributed by atoms with Crippen LogP contribution in [0.3, 0.4) is 0 Å². The van der Waals surface area contributed by atoms with E-state index in [-0.39, 0.29) is 0 Å². The molecule has 0 atom stereocenters. The quantitative estimate of drug-likeness (QED) is 0.662. The predicted octanol–water partition coefficient (Wildman–Crippen LogP) is 1.28. The van der Waals surface area contributed by atoms with Gasteiger partial charge < -0.3 is 9.47 Å². The number of hydrogen-bond donors (Lipinski definition) is 0. The van der Waals surface area contributed by atoms with Crippen molar-refractivity contribution in [1.82, 2.24) is 0 Å². The number of hydrogen-bond acceptors (Lipinski definition) is 2. The fourth-order valence-corrected chi connectivity index (χ4v) is 1.28. The van der Waals surface area contributed by atoms with Crippen molar-refractivity contribution in [3.63, 3.8) is 0 Å². The zero-order chi connectivity index (χ0) is 9.97. The van der Waals surface area contributed by atoms with Gasteiger partial charge in [0, 0.05) is 6.07 Å². The summed E-state index contributed by atoms with van der Waals surface area (Å²) >= 11 is 0. The lowest BCUT2D eigenvalue weighted by Crippen LogP contribution is -2.07. The molecule has 1 aliphatic rings. The predicted molar refractivity (Wildman–Crippen MR) is 56.6 cm³/mol. The van der Waals surface area contributed by atoms with Crippen LogP contribution in [0.1, 0.15) is 12.8 Å². The van der Waals surface area contributed by atoms with Gasteiger partial charge in [0.05, 0.1) is 13.7 Å². The molecule has 0 aromatic heterocycles. The van der Waals surface area contributed by atoms with Crippen molar-refractivity contribution in [2.75, 3.05) is 13.7 Å². The Morgan fingerprint density at radius 1 is 1.43 bits per heavy atom. The molecule has 0 bridgehead atoms. The van der Waals surface area contributed by atoms with Crippen LogP contribution in [0.25, 0.3) is 0 Å². The summed E-state index contributed by atoms with van der Waals surface area (Å²) in [6.45, 7) is 0.813. The lowest BCUT2D eigenvalue weighted by atomic mass is 9.95. The molecule has 0 unspecified atom stereocenters. The fraction of sp³-hybridized carbons (Fsp3) is 0.455. The van der Waals surface area contributed by atoms with E-state index in [1.54, 1.807) is 13.2 Å². The summed E-state index contributed by atoms with van der Waals surface area (Å²) in [7, 11) is 7.30.